The van der Waals surface area contributed by atoms with Crippen molar-refractivity contribution in [2.45, 2.75) is 6.92 Å². The molecule has 0 unspecified atom stereocenters. The number of hydrogen-bond acceptors (Lipinski definition) is 5. The summed E-state index contributed by atoms with van der Waals surface area (Å²) in [5, 5.41) is 0.929. The number of aromatic amines is 1. The Labute approximate surface area is 145 Å². The van der Waals surface area contributed by atoms with E-state index >= 15 is 0 Å². The van der Waals surface area contributed by atoms with E-state index in [9.17, 15) is 4.79 Å². The molecule has 3 aromatic rings. The maximum Gasteiger partial charge on any atom is 0.376 e. The zero-order valence-electron chi connectivity index (χ0n) is 14.2. The zero-order valence-corrected chi connectivity index (χ0v) is 14.2. The lowest BCUT2D eigenvalue weighted by Crippen LogP contribution is -2.22. The molecule has 0 aliphatic carbocycles. The molecule has 2 aromatic heterocycles. The standard InChI is InChI=1S/C19H20N4O2/c1-4-9-23(10-5-2)13-7-8-15-14(11-13)17-16(21-15)12-20-18(22-17)19(24)25-6-3/h4-5,7-8,11-12,21H,1-2,6,9-10H2,3H3. The smallest absolute Gasteiger partial charge is 0.376 e. The van der Waals surface area contributed by atoms with Crippen molar-refractivity contribution >= 4 is 33.6 Å². The number of nitrogens with one attached hydrogen (secondary N) is 1. The maximum atomic E-state index is 11.9. The van der Waals surface area contributed by atoms with Crippen LogP contribution in [0.4, 0.5) is 5.69 Å². The molecule has 0 spiro atoms. The summed E-state index contributed by atoms with van der Waals surface area (Å²) in [7, 11) is 0. The molecule has 0 amide bonds. The monoisotopic (exact) mass is 336 g/mol. The van der Waals surface area contributed by atoms with E-state index in [1.807, 2.05) is 30.4 Å². The molecule has 1 aromatic carbocycles. The Bertz CT molecular complexity index is 935. The van der Waals surface area contributed by atoms with Crippen molar-refractivity contribution in [2.75, 3.05) is 24.6 Å². The predicted molar refractivity (Wildman–Crippen MR) is 100.0 cm³/mol. The number of carbonyl (C=O) groups is 1. The third-order valence-electron chi connectivity index (χ3n) is 3.84. The molecule has 0 aliphatic heterocycles. The fourth-order valence-electron chi connectivity index (χ4n) is 2.75. The van der Waals surface area contributed by atoms with Crippen LogP contribution in [-0.2, 0) is 4.74 Å². The minimum atomic E-state index is -0.519. The summed E-state index contributed by atoms with van der Waals surface area (Å²) in [4.78, 5) is 25.8. The van der Waals surface area contributed by atoms with Crippen LogP contribution in [0.3, 0.4) is 0 Å². The Morgan fingerprint density at radius 2 is 2.04 bits per heavy atom. The van der Waals surface area contributed by atoms with Gasteiger partial charge in [0.1, 0.15) is 5.52 Å². The molecule has 0 saturated heterocycles. The van der Waals surface area contributed by atoms with E-state index in [2.05, 4.69) is 33.0 Å². The van der Waals surface area contributed by atoms with E-state index in [0.717, 1.165) is 22.1 Å². The van der Waals surface area contributed by atoms with Crippen molar-refractivity contribution in [3.05, 3.63) is 55.5 Å². The summed E-state index contributed by atoms with van der Waals surface area (Å²) in [5.41, 5.74) is 3.45. The topological polar surface area (TPSA) is 71.1 Å². The molecule has 0 saturated carbocycles. The number of anilines is 1. The van der Waals surface area contributed by atoms with Gasteiger partial charge in [-0.1, -0.05) is 12.2 Å². The highest BCUT2D eigenvalue weighted by molar-refractivity contribution is 6.06. The van der Waals surface area contributed by atoms with Crippen LogP contribution in [0.2, 0.25) is 0 Å². The van der Waals surface area contributed by atoms with Crippen molar-refractivity contribution in [3.8, 4) is 0 Å². The van der Waals surface area contributed by atoms with Gasteiger partial charge >= 0.3 is 5.97 Å². The molecule has 6 nitrogen and oxygen atoms in total. The molecular weight excluding hydrogens is 316 g/mol. The van der Waals surface area contributed by atoms with E-state index in [4.69, 9.17) is 4.74 Å². The Kier molecular flexibility index (Phi) is 4.79. The summed E-state index contributed by atoms with van der Waals surface area (Å²) in [5.74, 6) is -0.454. The average molecular weight is 336 g/mol. The Morgan fingerprint density at radius 3 is 2.72 bits per heavy atom. The lowest BCUT2D eigenvalue weighted by atomic mass is 10.2. The number of nitrogens with zero attached hydrogens (tertiary/aromatic N) is 3. The van der Waals surface area contributed by atoms with Crippen LogP contribution >= 0.6 is 0 Å². The number of ether oxygens (including phenoxy) is 1. The number of H-pyrrole nitrogens is 1. The molecule has 0 fully saturated rings. The van der Waals surface area contributed by atoms with Gasteiger partial charge < -0.3 is 14.6 Å². The van der Waals surface area contributed by atoms with Crippen molar-refractivity contribution in [1.82, 2.24) is 15.0 Å². The number of carbonyl (C=O) groups excluding carboxylic acids is 1. The first-order valence-corrected chi connectivity index (χ1v) is 8.10. The molecule has 0 atom stereocenters. The largest absolute Gasteiger partial charge is 0.460 e. The minimum absolute atomic E-state index is 0.0645. The predicted octanol–water partition coefficient (Wildman–Crippen LogP) is 3.47. The van der Waals surface area contributed by atoms with Gasteiger partial charge in [0, 0.05) is 29.7 Å². The maximum absolute atomic E-state index is 11.9. The summed E-state index contributed by atoms with van der Waals surface area (Å²) >= 11 is 0. The van der Waals surface area contributed by atoms with Gasteiger partial charge in [0.15, 0.2) is 0 Å². The zero-order chi connectivity index (χ0) is 17.8. The molecule has 6 heteroatoms. The minimum Gasteiger partial charge on any atom is -0.460 e. The lowest BCUT2D eigenvalue weighted by molar-refractivity contribution is 0.0512. The highest BCUT2D eigenvalue weighted by Gasteiger charge is 2.15. The summed E-state index contributed by atoms with van der Waals surface area (Å²) in [6.07, 6.45) is 5.31. The van der Waals surface area contributed by atoms with E-state index in [-0.39, 0.29) is 12.4 Å². The van der Waals surface area contributed by atoms with Gasteiger partial charge in [0.2, 0.25) is 5.82 Å². The van der Waals surface area contributed by atoms with Crippen molar-refractivity contribution in [3.63, 3.8) is 0 Å². The fourth-order valence-corrected chi connectivity index (χ4v) is 2.75. The average Bonchev–Trinajstić information content (AvgIpc) is 2.98. The molecule has 1 N–H and O–H groups in total. The van der Waals surface area contributed by atoms with Crippen LogP contribution in [0.5, 0.6) is 0 Å². The Morgan fingerprint density at radius 1 is 1.28 bits per heavy atom. The first kappa shape index (κ1) is 16.7. The van der Waals surface area contributed by atoms with Crippen LogP contribution in [0.15, 0.2) is 49.7 Å². The molecule has 0 aliphatic rings. The molecule has 0 bridgehead atoms. The number of fused-ring (bicyclic) bond motifs is 3. The quantitative estimate of drug-likeness (QED) is 0.528. The van der Waals surface area contributed by atoms with E-state index < -0.39 is 5.97 Å². The molecule has 2 heterocycles. The number of esters is 1. The van der Waals surface area contributed by atoms with Crippen LogP contribution in [0.25, 0.3) is 21.9 Å². The summed E-state index contributed by atoms with van der Waals surface area (Å²) in [6, 6.07) is 6.07. The third kappa shape index (κ3) is 3.24. The number of hydrogen-bond donors (Lipinski definition) is 1. The van der Waals surface area contributed by atoms with Crippen LogP contribution in [0, 0.1) is 0 Å². The molecule has 3 rings (SSSR count). The van der Waals surface area contributed by atoms with Crippen LogP contribution in [-0.4, -0.2) is 40.6 Å². The normalized spacial score (nSPS) is 10.8. The van der Waals surface area contributed by atoms with Gasteiger partial charge in [-0.25, -0.2) is 14.8 Å². The number of benzene rings is 1. The fraction of sp³-hybridized carbons (Fsp3) is 0.211. The first-order valence-electron chi connectivity index (χ1n) is 8.10. The van der Waals surface area contributed by atoms with Crippen LogP contribution in [0.1, 0.15) is 17.5 Å². The molecule has 25 heavy (non-hydrogen) atoms. The van der Waals surface area contributed by atoms with Crippen molar-refractivity contribution < 1.29 is 9.53 Å². The Balaban J connectivity index is 2.11. The van der Waals surface area contributed by atoms with Gasteiger partial charge in [-0.15, -0.1) is 13.2 Å². The number of rotatable bonds is 7. The van der Waals surface area contributed by atoms with E-state index in [1.165, 1.54) is 0 Å². The highest BCUT2D eigenvalue weighted by atomic mass is 16.5. The molecular formula is C19H20N4O2. The molecule has 0 radical (unpaired) electrons. The lowest BCUT2D eigenvalue weighted by Gasteiger charge is -2.21. The SMILES string of the molecule is C=CCN(CC=C)c1ccc2[nH]c3cnc(C(=O)OCC)nc3c2c1. The summed E-state index contributed by atoms with van der Waals surface area (Å²) < 4.78 is 4.99. The van der Waals surface area contributed by atoms with Gasteiger partial charge in [-0.05, 0) is 25.1 Å². The number of aromatic nitrogens is 3. The van der Waals surface area contributed by atoms with Gasteiger partial charge in [0.05, 0.1) is 18.3 Å². The highest BCUT2D eigenvalue weighted by Crippen LogP contribution is 2.28. The first-order chi connectivity index (χ1) is 12.2. The second-order valence-electron chi connectivity index (χ2n) is 5.51. The van der Waals surface area contributed by atoms with Gasteiger partial charge in [-0.2, -0.15) is 0 Å². The van der Waals surface area contributed by atoms with Crippen LogP contribution < -0.4 is 4.90 Å². The Hall–Kier alpha value is -3.15. The van der Waals surface area contributed by atoms with E-state index in [1.54, 1.807) is 13.1 Å². The summed E-state index contributed by atoms with van der Waals surface area (Å²) in [6.45, 7) is 11.1. The second-order valence-corrected chi connectivity index (χ2v) is 5.51. The van der Waals surface area contributed by atoms with Crippen molar-refractivity contribution in [1.29, 1.82) is 0 Å². The second kappa shape index (κ2) is 7.17. The van der Waals surface area contributed by atoms with Crippen molar-refractivity contribution in [2.24, 2.45) is 0 Å². The van der Waals surface area contributed by atoms with Gasteiger partial charge in [0.25, 0.3) is 0 Å². The molecule has 128 valence electrons. The van der Waals surface area contributed by atoms with E-state index in [0.29, 0.717) is 18.6 Å². The van der Waals surface area contributed by atoms with Gasteiger partial charge in [-0.3, -0.25) is 0 Å². The third-order valence-corrected chi connectivity index (χ3v) is 3.84.